The molecule has 0 atom stereocenters. The van der Waals surface area contributed by atoms with E-state index < -0.39 is 16.4 Å². The molecule has 0 fully saturated rings. The van der Waals surface area contributed by atoms with E-state index in [1.807, 2.05) is 11.5 Å². The minimum atomic E-state index is -0.652. The largest absolute Gasteiger partial charge is 0.500 e. The Hall–Kier alpha value is -2.57. The highest BCUT2D eigenvalue weighted by Gasteiger charge is 2.21. The van der Waals surface area contributed by atoms with Gasteiger partial charge in [0, 0.05) is 30.6 Å². The summed E-state index contributed by atoms with van der Waals surface area (Å²) >= 11 is 0. The number of phenols is 1. The zero-order valence-electron chi connectivity index (χ0n) is 10.5. The van der Waals surface area contributed by atoms with E-state index in [0.29, 0.717) is 17.9 Å². The number of ether oxygens (including phenoxy) is 1. The summed E-state index contributed by atoms with van der Waals surface area (Å²) in [6, 6.07) is 2.81. The van der Waals surface area contributed by atoms with Gasteiger partial charge in [0.15, 0.2) is 5.75 Å². The molecule has 0 amide bonds. The summed E-state index contributed by atoms with van der Waals surface area (Å²) in [6.07, 6.45) is 3.39. The topological polar surface area (TPSA) is 90.4 Å². The van der Waals surface area contributed by atoms with E-state index in [-0.39, 0.29) is 5.75 Å². The summed E-state index contributed by atoms with van der Waals surface area (Å²) in [6.45, 7) is 2.63. The fraction of sp³-hybridized carbons (Fsp3) is 0.250. The highest BCUT2D eigenvalue weighted by atomic mass is 16.6. The highest BCUT2D eigenvalue weighted by Crippen LogP contribution is 2.39. The van der Waals surface area contributed by atoms with Crippen LogP contribution >= 0.6 is 0 Å². The van der Waals surface area contributed by atoms with Gasteiger partial charge in [-0.25, -0.2) is 4.98 Å². The number of rotatable bonds is 4. The molecule has 0 spiro atoms. The first-order chi connectivity index (χ1) is 9.08. The third-order valence-electron chi connectivity index (χ3n) is 2.79. The summed E-state index contributed by atoms with van der Waals surface area (Å²) in [5.74, 6) is 0.157. The van der Waals surface area contributed by atoms with Crippen LogP contribution in [0.15, 0.2) is 24.5 Å². The van der Waals surface area contributed by atoms with Gasteiger partial charge in [-0.05, 0) is 13.0 Å². The van der Waals surface area contributed by atoms with Crippen molar-refractivity contribution in [3.63, 3.8) is 0 Å². The maximum Gasteiger partial charge on any atom is 0.315 e. The van der Waals surface area contributed by atoms with E-state index in [4.69, 9.17) is 4.74 Å². The van der Waals surface area contributed by atoms with Crippen LogP contribution < -0.4 is 4.74 Å². The van der Waals surface area contributed by atoms with E-state index in [9.17, 15) is 15.2 Å². The van der Waals surface area contributed by atoms with Crippen molar-refractivity contribution < 1.29 is 14.8 Å². The Balaban J connectivity index is 2.65. The highest BCUT2D eigenvalue weighted by molar-refractivity contribution is 5.69. The number of hydrogen-bond donors (Lipinski definition) is 1. The molecule has 7 nitrogen and oxygen atoms in total. The van der Waals surface area contributed by atoms with Crippen molar-refractivity contribution in [2.75, 3.05) is 7.11 Å². The molecule has 0 saturated carbocycles. The Bertz CT molecular complexity index is 621. The Morgan fingerprint density at radius 1 is 1.53 bits per heavy atom. The molecule has 0 unspecified atom stereocenters. The molecule has 100 valence electrons. The standard InChI is InChI=1S/C12H13N3O4/c1-3-14-5-4-13-12(14)8-6-9(15(17)18)11(16)10(7-8)19-2/h4-7,16H,3H2,1-2H3. The quantitative estimate of drug-likeness (QED) is 0.674. The van der Waals surface area contributed by atoms with Crippen LogP contribution in [0.1, 0.15) is 6.92 Å². The third kappa shape index (κ3) is 2.22. The van der Waals surface area contributed by atoms with Gasteiger partial charge in [0.25, 0.3) is 0 Å². The van der Waals surface area contributed by atoms with Crippen molar-refractivity contribution >= 4 is 5.69 Å². The minimum absolute atomic E-state index is 0.0508. The number of imidazole rings is 1. The molecule has 1 aromatic carbocycles. The first-order valence-corrected chi connectivity index (χ1v) is 5.65. The Labute approximate surface area is 109 Å². The zero-order chi connectivity index (χ0) is 14.0. The van der Waals surface area contributed by atoms with E-state index >= 15 is 0 Å². The van der Waals surface area contributed by atoms with Crippen LogP contribution in [0.2, 0.25) is 0 Å². The van der Waals surface area contributed by atoms with Crippen molar-refractivity contribution in [1.29, 1.82) is 0 Å². The van der Waals surface area contributed by atoms with Gasteiger partial charge in [-0.3, -0.25) is 10.1 Å². The van der Waals surface area contributed by atoms with E-state index in [0.717, 1.165) is 0 Å². The van der Waals surface area contributed by atoms with Gasteiger partial charge in [-0.15, -0.1) is 0 Å². The lowest BCUT2D eigenvalue weighted by atomic mass is 10.1. The number of phenolic OH excluding ortho intramolecular Hbond substituents is 1. The molecule has 7 heteroatoms. The van der Waals surface area contributed by atoms with Gasteiger partial charge < -0.3 is 14.4 Å². The van der Waals surface area contributed by atoms with Crippen molar-refractivity contribution in [2.45, 2.75) is 13.5 Å². The number of nitro groups is 1. The second kappa shape index (κ2) is 4.97. The molecule has 19 heavy (non-hydrogen) atoms. The number of nitro benzene ring substituents is 1. The molecule has 1 heterocycles. The van der Waals surface area contributed by atoms with Crippen LogP contribution in [0.5, 0.6) is 11.5 Å². The van der Waals surface area contributed by atoms with Crippen LogP contribution in [0.25, 0.3) is 11.4 Å². The Morgan fingerprint density at radius 3 is 2.84 bits per heavy atom. The predicted molar refractivity (Wildman–Crippen MR) is 68.2 cm³/mol. The smallest absolute Gasteiger partial charge is 0.315 e. The minimum Gasteiger partial charge on any atom is -0.500 e. The van der Waals surface area contributed by atoms with Crippen LogP contribution in [0, 0.1) is 10.1 Å². The maximum atomic E-state index is 10.9. The molecule has 0 aliphatic heterocycles. The fourth-order valence-electron chi connectivity index (χ4n) is 1.84. The van der Waals surface area contributed by atoms with Gasteiger partial charge in [0.05, 0.1) is 12.0 Å². The summed E-state index contributed by atoms with van der Waals surface area (Å²) in [7, 11) is 1.34. The number of methoxy groups -OCH3 is 1. The van der Waals surface area contributed by atoms with Crippen LogP contribution in [0.4, 0.5) is 5.69 Å². The second-order valence-corrected chi connectivity index (χ2v) is 3.84. The Kier molecular flexibility index (Phi) is 3.37. The van der Waals surface area contributed by atoms with E-state index in [1.165, 1.54) is 19.2 Å². The summed E-state index contributed by atoms with van der Waals surface area (Å²) in [4.78, 5) is 14.4. The van der Waals surface area contributed by atoms with Gasteiger partial charge in [0.1, 0.15) is 5.82 Å². The first-order valence-electron chi connectivity index (χ1n) is 5.65. The van der Waals surface area contributed by atoms with Crippen LogP contribution in [-0.4, -0.2) is 26.7 Å². The van der Waals surface area contributed by atoms with Crippen molar-refractivity contribution in [2.24, 2.45) is 0 Å². The number of aromatic nitrogens is 2. The van der Waals surface area contributed by atoms with Crippen molar-refractivity contribution in [3.05, 3.63) is 34.6 Å². The fourth-order valence-corrected chi connectivity index (χ4v) is 1.84. The molecule has 0 aliphatic rings. The molecular weight excluding hydrogens is 250 g/mol. The first kappa shape index (κ1) is 12.9. The monoisotopic (exact) mass is 263 g/mol. The third-order valence-corrected chi connectivity index (χ3v) is 2.79. The molecule has 2 rings (SSSR count). The molecular formula is C12H13N3O4. The molecule has 0 radical (unpaired) electrons. The molecule has 0 bridgehead atoms. The van der Waals surface area contributed by atoms with Gasteiger partial charge in [-0.1, -0.05) is 0 Å². The van der Waals surface area contributed by atoms with Gasteiger partial charge in [0.2, 0.25) is 5.75 Å². The van der Waals surface area contributed by atoms with E-state index in [2.05, 4.69) is 4.98 Å². The summed E-state index contributed by atoms with van der Waals surface area (Å²) in [5, 5.41) is 20.6. The zero-order valence-corrected chi connectivity index (χ0v) is 10.5. The number of hydrogen-bond acceptors (Lipinski definition) is 5. The van der Waals surface area contributed by atoms with E-state index in [1.54, 1.807) is 12.4 Å². The number of aryl methyl sites for hydroxylation is 1. The van der Waals surface area contributed by atoms with Crippen molar-refractivity contribution in [3.8, 4) is 22.9 Å². The molecule has 1 N–H and O–H groups in total. The molecule has 2 aromatic rings. The lowest BCUT2D eigenvalue weighted by molar-refractivity contribution is -0.385. The summed E-state index contributed by atoms with van der Waals surface area (Å²) in [5.41, 5.74) is 0.119. The molecule has 1 aromatic heterocycles. The second-order valence-electron chi connectivity index (χ2n) is 3.84. The predicted octanol–water partition coefficient (Wildman–Crippen LogP) is 2.19. The van der Waals surface area contributed by atoms with Crippen molar-refractivity contribution in [1.82, 2.24) is 9.55 Å². The van der Waals surface area contributed by atoms with Gasteiger partial charge >= 0.3 is 5.69 Å². The SMILES string of the molecule is CCn1ccnc1-c1cc(OC)c(O)c([N+](=O)[O-])c1. The lowest BCUT2D eigenvalue weighted by Gasteiger charge is -2.08. The Morgan fingerprint density at radius 2 is 2.26 bits per heavy atom. The maximum absolute atomic E-state index is 10.9. The normalized spacial score (nSPS) is 10.4. The molecule has 0 aliphatic carbocycles. The van der Waals surface area contributed by atoms with Gasteiger partial charge in [-0.2, -0.15) is 0 Å². The van der Waals surface area contributed by atoms with Crippen LogP contribution in [-0.2, 0) is 6.54 Å². The number of aromatic hydroxyl groups is 1. The summed E-state index contributed by atoms with van der Waals surface area (Å²) < 4.78 is 6.80. The number of benzene rings is 1. The lowest BCUT2D eigenvalue weighted by Crippen LogP contribution is -1.98. The van der Waals surface area contributed by atoms with Crippen LogP contribution in [0.3, 0.4) is 0 Å². The average Bonchev–Trinajstić information content (AvgIpc) is 2.87. The number of nitrogens with zero attached hydrogens (tertiary/aromatic N) is 3. The average molecular weight is 263 g/mol. The molecule has 0 saturated heterocycles.